The van der Waals surface area contributed by atoms with Crippen LogP contribution in [-0.4, -0.2) is 58.1 Å². The van der Waals surface area contributed by atoms with Gasteiger partial charge in [-0.3, -0.25) is 9.78 Å². The van der Waals surface area contributed by atoms with E-state index in [1.165, 1.54) is 10.9 Å². The Kier molecular flexibility index (Phi) is 11.0. The highest BCUT2D eigenvalue weighted by molar-refractivity contribution is 5.95. The molecule has 1 fully saturated rings. The molecule has 172 valence electrons. The number of aryl methyl sites for hydroxylation is 1. The van der Waals surface area contributed by atoms with E-state index in [0.717, 1.165) is 11.9 Å². The van der Waals surface area contributed by atoms with Gasteiger partial charge in [0.15, 0.2) is 0 Å². The second kappa shape index (κ2) is 13.2. The zero-order chi connectivity index (χ0) is 24.1. The van der Waals surface area contributed by atoms with Gasteiger partial charge in [-0.05, 0) is 56.2 Å². The Balaban J connectivity index is 0.000000264. The minimum absolute atomic E-state index is 0.0541. The van der Waals surface area contributed by atoms with Crippen molar-refractivity contribution < 1.29 is 19.8 Å². The van der Waals surface area contributed by atoms with E-state index in [4.69, 9.17) is 15.6 Å². The van der Waals surface area contributed by atoms with Crippen LogP contribution in [0.3, 0.4) is 0 Å². The van der Waals surface area contributed by atoms with Crippen LogP contribution < -0.4 is 5.73 Å². The van der Waals surface area contributed by atoms with Crippen molar-refractivity contribution in [2.24, 2.45) is 0 Å². The van der Waals surface area contributed by atoms with Crippen molar-refractivity contribution in [1.82, 2.24) is 9.88 Å². The number of aliphatic hydroxyl groups excluding tert-OH is 1. The highest BCUT2D eigenvalue weighted by Crippen LogP contribution is 2.22. The number of aromatic nitrogens is 1. The number of nitrogen functional groups attached to an aromatic ring is 1. The summed E-state index contributed by atoms with van der Waals surface area (Å²) in [5, 5.41) is 18.6. The van der Waals surface area contributed by atoms with Crippen LogP contribution in [-0.2, 0) is 4.79 Å². The summed E-state index contributed by atoms with van der Waals surface area (Å²) in [5.41, 5.74) is 8.41. The molecule has 1 aromatic heterocycles. The van der Waals surface area contributed by atoms with Crippen molar-refractivity contribution >= 4 is 29.3 Å². The number of amides is 1. The number of benzene rings is 2. The smallest absolute Gasteiger partial charge is 0.254 e. The lowest BCUT2D eigenvalue weighted by molar-refractivity contribution is -0.0980. The fourth-order valence-electron chi connectivity index (χ4n) is 2.98. The minimum Gasteiger partial charge on any atom is -0.399 e. The summed E-state index contributed by atoms with van der Waals surface area (Å²) >= 11 is 0. The van der Waals surface area contributed by atoms with Crippen LogP contribution in [0.1, 0.15) is 36.2 Å². The van der Waals surface area contributed by atoms with Gasteiger partial charge in [0.1, 0.15) is 6.79 Å². The molecule has 0 unspecified atom stereocenters. The number of para-hydroxylation sites is 1. The number of nitrogens with zero attached hydrogens (tertiary/aromatic N) is 2. The summed E-state index contributed by atoms with van der Waals surface area (Å²) in [5.74, 6) is -0.0541. The second-order valence-electron chi connectivity index (χ2n) is 7.65. The number of aliphatic hydroxyl groups is 2. The lowest BCUT2D eigenvalue weighted by Crippen LogP contribution is -2.61. The average molecular weight is 440 g/mol. The standard InChI is InChI=1S/C11H14N2O2.C10H9N.C3H8O.CH2O/c1-11(15)6-13(7-11)10(14)8-2-4-9(12)5-3-8;1-8-4-2-5-9-6-3-7-11-10(8)9;1-2-3-4;1-2/h2-5,15H,6-7,12H2,1H3;2-7H,1H3;4H,2-3H2,1H3;1H2. The number of hydrogen-bond acceptors (Lipinski definition) is 6. The van der Waals surface area contributed by atoms with Gasteiger partial charge in [0.2, 0.25) is 0 Å². The van der Waals surface area contributed by atoms with Crippen molar-refractivity contribution in [3.63, 3.8) is 0 Å². The predicted molar refractivity (Wildman–Crippen MR) is 128 cm³/mol. The van der Waals surface area contributed by atoms with Crippen LogP contribution in [0, 0.1) is 6.92 Å². The molecule has 1 amide bonds. The second-order valence-corrected chi connectivity index (χ2v) is 7.65. The molecule has 0 aliphatic carbocycles. The third-order valence-electron chi connectivity index (χ3n) is 4.57. The first-order chi connectivity index (χ1) is 15.3. The monoisotopic (exact) mass is 439 g/mol. The van der Waals surface area contributed by atoms with E-state index in [9.17, 15) is 9.90 Å². The Bertz CT molecular complexity index is 959. The van der Waals surface area contributed by atoms with Gasteiger partial charge in [-0.25, -0.2) is 0 Å². The molecule has 0 radical (unpaired) electrons. The molecule has 0 saturated carbocycles. The largest absolute Gasteiger partial charge is 0.399 e. The van der Waals surface area contributed by atoms with Gasteiger partial charge < -0.3 is 25.6 Å². The fourth-order valence-corrected chi connectivity index (χ4v) is 2.98. The molecule has 7 nitrogen and oxygen atoms in total. The highest BCUT2D eigenvalue weighted by Gasteiger charge is 2.39. The topological polar surface area (TPSA) is 117 Å². The molecule has 7 heteroatoms. The quantitative estimate of drug-likeness (QED) is 0.528. The summed E-state index contributed by atoms with van der Waals surface area (Å²) in [6, 6.07) is 17.0. The molecule has 2 heterocycles. The van der Waals surface area contributed by atoms with Crippen molar-refractivity contribution in [2.45, 2.75) is 32.8 Å². The molecule has 3 aromatic rings. The van der Waals surface area contributed by atoms with Gasteiger partial charge in [0.25, 0.3) is 5.91 Å². The fraction of sp³-hybridized carbons (Fsp3) is 0.320. The zero-order valence-corrected chi connectivity index (χ0v) is 19.0. The average Bonchev–Trinajstić information content (AvgIpc) is 2.80. The Morgan fingerprint density at radius 1 is 1.12 bits per heavy atom. The number of nitrogens with two attached hydrogens (primary N) is 1. The lowest BCUT2D eigenvalue weighted by Gasteiger charge is -2.44. The molecule has 1 aliphatic rings. The van der Waals surface area contributed by atoms with E-state index < -0.39 is 5.60 Å². The Morgan fingerprint density at radius 2 is 1.69 bits per heavy atom. The molecule has 0 bridgehead atoms. The number of carbonyl (C=O) groups excluding carboxylic acids is 2. The SMILES string of the molecule is C=O.CC1(O)CN(C(=O)c2ccc(N)cc2)C1.CCCO.Cc1cccc2cccnc12. The first-order valence-corrected chi connectivity index (χ1v) is 10.3. The van der Waals surface area contributed by atoms with Crippen LogP contribution in [0.4, 0.5) is 5.69 Å². The zero-order valence-electron chi connectivity index (χ0n) is 19.0. The molecule has 0 atom stereocenters. The number of likely N-dealkylation sites (tertiary alicyclic amines) is 1. The van der Waals surface area contributed by atoms with Crippen LogP contribution in [0.15, 0.2) is 60.8 Å². The van der Waals surface area contributed by atoms with E-state index >= 15 is 0 Å². The third kappa shape index (κ3) is 8.09. The van der Waals surface area contributed by atoms with Crippen LogP contribution in [0.5, 0.6) is 0 Å². The van der Waals surface area contributed by atoms with E-state index in [0.29, 0.717) is 30.9 Å². The summed E-state index contributed by atoms with van der Waals surface area (Å²) < 4.78 is 0. The number of pyridine rings is 1. The Labute approximate surface area is 189 Å². The van der Waals surface area contributed by atoms with Gasteiger partial charge in [-0.2, -0.15) is 0 Å². The summed E-state index contributed by atoms with van der Waals surface area (Å²) in [7, 11) is 0. The van der Waals surface area contributed by atoms with E-state index in [1.807, 2.05) is 26.0 Å². The van der Waals surface area contributed by atoms with E-state index in [-0.39, 0.29) is 5.91 Å². The van der Waals surface area contributed by atoms with Gasteiger partial charge in [-0.15, -0.1) is 0 Å². The number of anilines is 1. The molecule has 4 rings (SSSR count). The maximum absolute atomic E-state index is 11.8. The number of fused-ring (bicyclic) bond motifs is 1. The molecule has 1 saturated heterocycles. The maximum atomic E-state index is 11.8. The Hall–Kier alpha value is -3.29. The number of β-amino-alcohol motifs (C(OH)–C–C–N with tert-alkyl or cyclic N) is 1. The van der Waals surface area contributed by atoms with Crippen molar-refractivity contribution in [2.75, 3.05) is 25.4 Å². The molecular weight excluding hydrogens is 406 g/mol. The van der Waals surface area contributed by atoms with Crippen LogP contribution in [0.2, 0.25) is 0 Å². The Morgan fingerprint density at radius 3 is 2.19 bits per heavy atom. The molecule has 2 aromatic carbocycles. The maximum Gasteiger partial charge on any atom is 0.254 e. The lowest BCUT2D eigenvalue weighted by atomic mass is 9.96. The van der Waals surface area contributed by atoms with E-state index in [1.54, 1.807) is 36.1 Å². The normalized spacial score (nSPS) is 13.2. The summed E-state index contributed by atoms with van der Waals surface area (Å²) in [6.45, 7) is 8.85. The van der Waals surface area contributed by atoms with Crippen LogP contribution in [0.25, 0.3) is 10.9 Å². The molecule has 1 aliphatic heterocycles. The van der Waals surface area contributed by atoms with Gasteiger partial charge >= 0.3 is 0 Å². The van der Waals surface area contributed by atoms with Crippen molar-refractivity contribution in [3.8, 4) is 0 Å². The van der Waals surface area contributed by atoms with Gasteiger partial charge in [0.05, 0.1) is 24.2 Å². The molecule has 0 spiro atoms. The molecular formula is C25H33N3O4. The number of carbonyl (C=O) groups is 2. The van der Waals surface area contributed by atoms with Crippen molar-refractivity contribution in [3.05, 3.63) is 71.9 Å². The summed E-state index contributed by atoms with van der Waals surface area (Å²) in [4.78, 5) is 25.7. The first-order valence-electron chi connectivity index (χ1n) is 10.3. The predicted octanol–water partition coefficient (Wildman–Crippen LogP) is 3.22. The van der Waals surface area contributed by atoms with Crippen molar-refractivity contribution in [1.29, 1.82) is 0 Å². The summed E-state index contributed by atoms with van der Waals surface area (Å²) in [6.07, 6.45) is 2.70. The highest BCUT2D eigenvalue weighted by atomic mass is 16.3. The number of hydrogen-bond donors (Lipinski definition) is 3. The third-order valence-corrected chi connectivity index (χ3v) is 4.57. The van der Waals surface area contributed by atoms with Gasteiger partial charge in [-0.1, -0.05) is 31.2 Å². The minimum atomic E-state index is -0.719. The van der Waals surface area contributed by atoms with Gasteiger partial charge in [0, 0.05) is 29.4 Å². The first kappa shape index (κ1) is 26.7. The number of rotatable bonds is 2. The molecule has 4 N–H and O–H groups in total. The molecule has 32 heavy (non-hydrogen) atoms. The van der Waals surface area contributed by atoms with Crippen LogP contribution >= 0.6 is 0 Å². The van der Waals surface area contributed by atoms with E-state index in [2.05, 4.69) is 36.2 Å².